The lowest BCUT2D eigenvalue weighted by atomic mass is 10.0. The zero-order valence-electron chi connectivity index (χ0n) is 18.9. The van der Waals surface area contributed by atoms with Crippen LogP contribution in [0.1, 0.15) is 12.0 Å². The first-order valence-electron chi connectivity index (χ1n) is 11.1. The Kier molecular flexibility index (Phi) is 6.13. The molecule has 2 aliphatic heterocycles. The Balaban J connectivity index is 1.45. The lowest BCUT2D eigenvalue weighted by molar-refractivity contribution is -0.170. The first-order valence-corrected chi connectivity index (χ1v) is 11.1. The molecule has 2 saturated heterocycles. The number of nitrogens with zero attached hydrogens (tertiary/aromatic N) is 3. The van der Waals surface area contributed by atoms with Gasteiger partial charge in [-0.05, 0) is 18.2 Å². The van der Waals surface area contributed by atoms with E-state index in [0.29, 0.717) is 30.7 Å². The fourth-order valence-corrected chi connectivity index (χ4v) is 4.27. The van der Waals surface area contributed by atoms with Crippen LogP contribution in [0.2, 0.25) is 0 Å². The maximum absolute atomic E-state index is 15.0. The van der Waals surface area contributed by atoms with Gasteiger partial charge in [-0.1, -0.05) is 12.0 Å². The smallest absolute Gasteiger partial charge is 0.296 e. The lowest BCUT2D eigenvalue weighted by Gasteiger charge is -2.44. The number of ether oxygens (including phenoxy) is 3. The number of alkyl halides is 2. The van der Waals surface area contributed by atoms with Gasteiger partial charge in [0.1, 0.15) is 12.1 Å². The number of likely N-dealkylation sites (tertiary alicyclic amines) is 1. The van der Waals surface area contributed by atoms with E-state index < -0.39 is 24.4 Å². The van der Waals surface area contributed by atoms with Crippen LogP contribution < -0.4 is 14.8 Å². The Morgan fingerprint density at radius 3 is 2.74 bits per heavy atom. The number of hydrogen-bond donors (Lipinski definition) is 1. The van der Waals surface area contributed by atoms with Crippen LogP contribution >= 0.6 is 0 Å². The summed E-state index contributed by atoms with van der Waals surface area (Å²) in [4.78, 5) is 10.2. The predicted octanol–water partition coefficient (Wildman–Crippen LogP) is 3.99. The van der Waals surface area contributed by atoms with Crippen molar-refractivity contribution in [2.24, 2.45) is 0 Å². The van der Waals surface area contributed by atoms with Gasteiger partial charge in [0.05, 0.1) is 49.7 Å². The number of benzene rings is 2. The molecule has 0 unspecified atom stereocenters. The van der Waals surface area contributed by atoms with Crippen LogP contribution in [-0.4, -0.2) is 66.3 Å². The van der Waals surface area contributed by atoms with E-state index in [-0.39, 0.29) is 41.0 Å². The van der Waals surface area contributed by atoms with Gasteiger partial charge >= 0.3 is 0 Å². The third kappa shape index (κ3) is 4.45. The summed E-state index contributed by atoms with van der Waals surface area (Å²) in [5, 5.41) is 3.37. The fraction of sp³-hybridized carbons (Fsp3) is 0.360. The van der Waals surface area contributed by atoms with E-state index in [0.717, 1.165) is 0 Å². The maximum Gasteiger partial charge on any atom is 0.296 e. The van der Waals surface area contributed by atoms with E-state index in [1.165, 1.54) is 31.6 Å². The minimum atomic E-state index is -3.07. The number of fused-ring (bicyclic) bond motifs is 1. The first-order chi connectivity index (χ1) is 16.9. The molecule has 1 aromatic heterocycles. The van der Waals surface area contributed by atoms with E-state index in [9.17, 15) is 4.39 Å². The normalized spacial score (nSPS) is 20.1. The molecule has 0 saturated carbocycles. The number of rotatable bonds is 6. The van der Waals surface area contributed by atoms with Crippen LogP contribution in [0.4, 0.5) is 24.7 Å². The number of nitrogens with one attached hydrogen (secondary N) is 1. The van der Waals surface area contributed by atoms with Gasteiger partial charge in [-0.3, -0.25) is 4.90 Å². The van der Waals surface area contributed by atoms with Crippen molar-refractivity contribution in [1.82, 2.24) is 14.9 Å². The Morgan fingerprint density at radius 1 is 1.23 bits per heavy atom. The van der Waals surface area contributed by atoms with Crippen molar-refractivity contribution in [2.45, 2.75) is 24.5 Å². The molecule has 35 heavy (non-hydrogen) atoms. The van der Waals surface area contributed by atoms with Crippen LogP contribution in [0.15, 0.2) is 36.7 Å². The summed E-state index contributed by atoms with van der Waals surface area (Å²) in [5.74, 6) is -0.734. The second-order valence-electron chi connectivity index (χ2n) is 8.50. The topological polar surface area (TPSA) is 68.7 Å². The number of halogens is 3. The zero-order valence-corrected chi connectivity index (χ0v) is 18.9. The number of anilines is 2. The van der Waals surface area contributed by atoms with Crippen molar-refractivity contribution in [3.8, 4) is 23.8 Å². The number of methoxy groups -OCH3 is 1. The van der Waals surface area contributed by atoms with E-state index >= 15 is 8.78 Å². The van der Waals surface area contributed by atoms with Crippen molar-refractivity contribution in [3.63, 3.8) is 0 Å². The molecule has 5 rings (SSSR count). The summed E-state index contributed by atoms with van der Waals surface area (Å²) in [7, 11) is 1.42. The van der Waals surface area contributed by atoms with Gasteiger partial charge in [0, 0.05) is 24.4 Å². The molecule has 3 aromatic rings. The molecule has 0 spiro atoms. The van der Waals surface area contributed by atoms with Crippen molar-refractivity contribution < 1.29 is 27.4 Å². The molecule has 182 valence electrons. The Bertz CT molecular complexity index is 1290. The maximum atomic E-state index is 15.0. The number of piperidine rings is 1. The molecule has 2 aliphatic rings. The molecule has 1 atom stereocenters. The minimum absolute atomic E-state index is 0.0242. The van der Waals surface area contributed by atoms with E-state index in [1.807, 2.05) is 0 Å². The molecule has 0 amide bonds. The number of hydrogen-bond acceptors (Lipinski definition) is 7. The average Bonchev–Trinajstić information content (AvgIpc) is 2.80. The third-order valence-corrected chi connectivity index (χ3v) is 6.30. The molecular formula is C25H23F3N4O3. The highest BCUT2D eigenvalue weighted by Gasteiger charge is 2.48. The Labute approximate surface area is 200 Å². The van der Waals surface area contributed by atoms with Gasteiger partial charge in [-0.25, -0.2) is 23.1 Å². The highest BCUT2D eigenvalue weighted by atomic mass is 19.3. The zero-order chi connectivity index (χ0) is 24.6. The van der Waals surface area contributed by atoms with Crippen LogP contribution in [0, 0.1) is 18.2 Å². The third-order valence-electron chi connectivity index (χ3n) is 6.30. The summed E-state index contributed by atoms with van der Waals surface area (Å²) < 4.78 is 61.1. The van der Waals surface area contributed by atoms with E-state index in [1.54, 1.807) is 17.0 Å². The monoisotopic (exact) mass is 484 g/mol. The lowest BCUT2D eigenvalue weighted by Crippen LogP contribution is -2.60. The summed E-state index contributed by atoms with van der Waals surface area (Å²) in [5.41, 5.74) is 0.686. The molecule has 2 aromatic carbocycles. The highest BCUT2D eigenvalue weighted by Crippen LogP contribution is 2.39. The molecule has 2 fully saturated rings. The summed E-state index contributed by atoms with van der Waals surface area (Å²) in [6.45, 7) is 1.02. The minimum Gasteiger partial charge on any atom is -0.493 e. The van der Waals surface area contributed by atoms with Crippen LogP contribution in [-0.2, 0) is 4.74 Å². The van der Waals surface area contributed by atoms with Crippen LogP contribution in [0.3, 0.4) is 0 Å². The SMILES string of the molecule is C#Cc1cccc(Nc2ncnc3cc(OC)c(O[C@H]4CCN(C5COC5)CC4(F)F)cc23)c1F. The Hall–Kier alpha value is -3.55. The standard InChI is InChI=1S/C25H23F3N4O3/c1-3-15-5-4-6-18(23(15)26)31-24-17-9-21(20(33-2)10-19(17)29-14-30-24)35-22-7-8-32(13-25(22,27)28)16-11-34-12-16/h1,4-6,9-10,14,16,22H,7-8,11-13H2,2H3,(H,29,30,31)/t22-/m0/s1. The summed E-state index contributed by atoms with van der Waals surface area (Å²) >= 11 is 0. The van der Waals surface area contributed by atoms with Crippen molar-refractivity contribution >= 4 is 22.4 Å². The molecule has 0 radical (unpaired) electrons. The molecule has 0 bridgehead atoms. The molecule has 7 nitrogen and oxygen atoms in total. The summed E-state index contributed by atoms with van der Waals surface area (Å²) in [6.07, 6.45) is 5.47. The van der Waals surface area contributed by atoms with Crippen molar-refractivity contribution in [1.29, 1.82) is 0 Å². The predicted molar refractivity (Wildman–Crippen MR) is 124 cm³/mol. The van der Waals surface area contributed by atoms with Gasteiger partial charge in [0.2, 0.25) is 0 Å². The molecule has 1 N–H and O–H groups in total. The fourth-order valence-electron chi connectivity index (χ4n) is 4.27. The van der Waals surface area contributed by atoms with Gasteiger partial charge in [0.25, 0.3) is 5.92 Å². The van der Waals surface area contributed by atoms with E-state index in [2.05, 4.69) is 21.2 Å². The molecule has 10 heteroatoms. The second-order valence-corrected chi connectivity index (χ2v) is 8.50. The first kappa shape index (κ1) is 23.2. The average molecular weight is 484 g/mol. The van der Waals surface area contributed by atoms with Crippen LogP contribution in [0.5, 0.6) is 11.5 Å². The summed E-state index contributed by atoms with van der Waals surface area (Å²) in [6, 6.07) is 7.75. The largest absolute Gasteiger partial charge is 0.493 e. The number of terminal acetylenes is 1. The van der Waals surface area contributed by atoms with Gasteiger partial charge < -0.3 is 19.5 Å². The Morgan fingerprint density at radius 2 is 2.06 bits per heavy atom. The molecule has 0 aliphatic carbocycles. The highest BCUT2D eigenvalue weighted by molar-refractivity contribution is 5.93. The van der Waals surface area contributed by atoms with Gasteiger partial charge in [-0.2, -0.15) is 0 Å². The second kappa shape index (κ2) is 9.24. The van der Waals surface area contributed by atoms with Gasteiger partial charge in [-0.15, -0.1) is 6.42 Å². The molecule has 3 heterocycles. The number of aromatic nitrogens is 2. The van der Waals surface area contributed by atoms with Crippen LogP contribution in [0.25, 0.3) is 10.9 Å². The van der Waals surface area contributed by atoms with Gasteiger partial charge in [0.15, 0.2) is 23.4 Å². The molecular weight excluding hydrogens is 461 g/mol. The van der Waals surface area contributed by atoms with Crippen molar-refractivity contribution in [2.75, 3.05) is 38.7 Å². The van der Waals surface area contributed by atoms with E-state index in [4.69, 9.17) is 20.6 Å². The quantitative estimate of drug-likeness (QED) is 0.531. The van der Waals surface area contributed by atoms with Crippen molar-refractivity contribution in [3.05, 3.63) is 48.0 Å².